The van der Waals surface area contributed by atoms with E-state index in [-0.39, 0.29) is 18.4 Å². The van der Waals surface area contributed by atoms with Gasteiger partial charge in [0.05, 0.1) is 12.6 Å². The number of fused-ring (bicyclic) bond motifs is 1. The molecule has 0 aliphatic heterocycles. The highest BCUT2D eigenvalue weighted by Crippen LogP contribution is 2.26. The number of benzene rings is 2. The lowest BCUT2D eigenvalue weighted by atomic mass is 10.2. The van der Waals surface area contributed by atoms with Crippen molar-refractivity contribution in [2.45, 2.75) is 26.1 Å². The van der Waals surface area contributed by atoms with Crippen LogP contribution in [0.15, 0.2) is 41.2 Å². The van der Waals surface area contributed by atoms with Crippen molar-refractivity contribution >= 4 is 11.0 Å². The van der Waals surface area contributed by atoms with Crippen molar-refractivity contribution < 1.29 is 19.3 Å². The molecule has 0 saturated heterocycles. The minimum absolute atomic E-state index is 0.0973. The number of aromatic nitrogens is 2. The van der Waals surface area contributed by atoms with E-state index in [1.807, 2.05) is 44.2 Å². The molecule has 29 heavy (non-hydrogen) atoms. The molecular weight excluding hydrogens is 374 g/mol. The number of ether oxygens (including phenoxy) is 3. The third-order valence-electron chi connectivity index (χ3n) is 4.49. The second kappa shape index (κ2) is 9.49. The first-order valence-electron chi connectivity index (χ1n) is 9.50. The number of aliphatic hydroxyl groups is 1. The maximum Gasteiger partial charge on any atom is 0.323 e. The van der Waals surface area contributed by atoms with Crippen molar-refractivity contribution in [3.05, 3.63) is 52.4 Å². The Hall–Kier alpha value is -2.97. The van der Waals surface area contributed by atoms with E-state index >= 15 is 0 Å². The Kier molecular flexibility index (Phi) is 6.79. The lowest BCUT2D eigenvalue weighted by molar-refractivity contribution is 0.103. The van der Waals surface area contributed by atoms with E-state index in [0.717, 1.165) is 5.56 Å². The molecule has 3 rings (SSSR count). The summed E-state index contributed by atoms with van der Waals surface area (Å²) in [6, 6.07) is 11.1. The van der Waals surface area contributed by atoms with Gasteiger partial charge in [0.1, 0.15) is 30.1 Å². The van der Waals surface area contributed by atoms with Crippen LogP contribution in [0.5, 0.6) is 17.2 Å². The van der Waals surface area contributed by atoms with Gasteiger partial charge in [0, 0.05) is 13.1 Å². The van der Waals surface area contributed by atoms with Crippen LogP contribution in [-0.2, 0) is 0 Å². The number of H-pyrrole nitrogens is 2. The van der Waals surface area contributed by atoms with E-state index in [1.165, 1.54) is 0 Å². The van der Waals surface area contributed by atoms with E-state index in [2.05, 4.69) is 15.3 Å². The van der Waals surface area contributed by atoms with Crippen molar-refractivity contribution in [3.8, 4) is 17.2 Å². The number of methoxy groups -OCH3 is 1. The molecule has 8 heteroatoms. The Morgan fingerprint density at radius 2 is 1.76 bits per heavy atom. The van der Waals surface area contributed by atoms with Crippen LogP contribution in [0.1, 0.15) is 12.5 Å². The molecule has 2 atom stereocenters. The van der Waals surface area contributed by atoms with Gasteiger partial charge in [-0.2, -0.15) is 0 Å². The molecule has 0 aliphatic carbocycles. The second-order valence-corrected chi connectivity index (χ2v) is 6.91. The third kappa shape index (κ3) is 5.30. The molecule has 2 unspecified atom stereocenters. The van der Waals surface area contributed by atoms with E-state index in [4.69, 9.17) is 14.2 Å². The molecule has 1 aromatic heterocycles. The zero-order valence-electron chi connectivity index (χ0n) is 16.8. The molecule has 156 valence electrons. The highest BCUT2D eigenvalue weighted by molar-refractivity contribution is 5.84. The van der Waals surface area contributed by atoms with Gasteiger partial charge in [-0.05, 0) is 37.6 Å². The van der Waals surface area contributed by atoms with Crippen LogP contribution in [-0.4, -0.2) is 54.1 Å². The van der Waals surface area contributed by atoms with Gasteiger partial charge < -0.3 is 34.6 Å². The Balaban J connectivity index is 1.45. The van der Waals surface area contributed by atoms with Gasteiger partial charge in [-0.25, -0.2) is 4.79 Å². The van der Waals surface area contributed by atoms with Gasteiger partial charge in [-0.15, -0.1) is 0 Å². The average Bonchev–Trinajstić information content (AvgIpc) is 3.10. The van der Waals surface area contributed by atoms with Crippen molar-refractivity contribution in [1.29, 1.82) is 0 Å². The molecule has 0 fully saturated rings. The summed E-state index contributed by atoms with van der Waals surface area (Å²) in [5.74, 6) is 1.88. The monoisotopic (exact) mass is 401 g/mol. The van der Waals surface area contributed by atoms with Crippen LogP contribution in [0.2, 0.25) is 0 Å². The van der Waals surface area contributed by atoms with E-state index < -0.39 is 6.10 Å². The first-order valence-corrected chi connectivity index (χ1v) is 9.50. The molecule has 0 aliphatic rings. The van der Waals surface area contributed by atoms with Crippen LogP contribution in [0.3, 0.4) is 0 Å². The van der Waals surface area contributed by atoms with Crippen LogP contribution < -0.4 is 25.2 Å². The van der Waals surface area contributed by atoms with Gasteiger partial charge in [0.25, 0.3) is 0 Å². The molecular formula is C21H27N3O5. The van der Waals surface area contributed by atoms with Gasteiger partial charge in [-0.3, -0.25) is 0 Å². The van der Waals surface area contributed by atoms with Gasteiger partial charge in [-0.1, -0.05) is 18.2 Å². The lowest BCUT2D eigenvalue weighted by Gasteiger charge is -2.19. The fourth-order valence-electron chi connectivity index (χ4n) is 3.02. The van der Waals surface area contributed by atoms with Crippen LogP contribution in [0, 0.1) is 6.92 Å². The fourth-order valence-corrected chi connectivity index (χ4v) is 3.02. The van der Waals surface area contributed by atoms with Crippen LogP contribution >= 0.6 is 0 Å². The first kappa shape index (κ1) is 20.8. The summed E-state index contributed by atoms with van der Waals surface area (Å²) in [5, 5.41) is 13.4. The summed E-state index contributed by atoms with van der Waals surface area (Å²) in [4.78, 5) is 17.0. The summed E-state index contributed by atoms with van der Waals surface area (Å²) in [7, 11) is 1.60. The molecule has 0 spiro atoms. The number of aromatic amines is 2. The predicted molar refractivity (Wildman–Crippen MR) is 111 cm³/mol. The number of imidazole rings is 1. The summed E-state index contributed by atoms with van der Waals surface area (Å²) >= 11 is 0. The molecule has 2 aromatic carbocycles. The molecule has 0 radical (unpaired) electrons. The highest BCUT2D eigenvalue weighted by atomic mass is 16.5. The molecule has 0 saturated carbocycles. The van der Waals surface area contributed by atoms with E-state index in [0.29, 0.717) is 41.4 Å². The normalized spacial score (nSPS) is 13.2. The minimum Gasteiger partial charge on any atom is -0.493 e. The van der Waals surface area contributed by atoms with Crippen molar-refractivity contribution in [2.24, 2.45) is 0 Å². The average molecular weight is 401 g/mol. The van der Waals surface area contributed by atoms with Crippen molar-refractivity contribution in [2.75, 3.05) is 26.8 Å². The number of rotatable bonds is 10. The zero-order chi connectivity index (χ0) is 20.8. The summed E-state index contributed by atoms with van der Waals surface area (Å²) in [6.45, 7) is 4.84. The van der Waals surface area contributed by atoms with Crippen molar-refractivity contribution in [3.63, 3.8) is 0 Å². The largest absolute Gasteiger partial charge is 0.493 e. The number of aryl methyl sites for hydroxylation is 1. The smallest absolute Gasteiger partial charge is 0.323 e. The number of aliphatic hydroxyl groups excluding tert-OH is 1. The Morgan fingerprint density at radius 1 is 1.03 bits per heavy atom. The number of para-hydroxylation sites is 2. The highest BCUT2D eigenvalue weighted by Gasteiger charge is 2.12. The Morgan fingerprint density at radius 3 is 2.52 bits per heavy atom. The molecule has 3 aromatic rings. The lowest BCUT2D eigenvalue weighted by Crippen LogP contribution is -2.36. The first-order chi connectivity index (χ1) is 14.0. The number of nitrogens with one attached hydrogen (secondary N) is 3. The minimum atomic E-state index is -0.713. The van der Waals surface area contributed by atoms with Gasteiger partial charge in [0.2, 0.25) is 0 Å². The molecule has 0 bridgehead atoms. The van der Waals surface area contributed by atoms with Crippen molar-refractivity contribution in [1.82, 2.24) is 15.3 Å². The quantitative estimate of drug-likeness (QED) is 0.414. The predicted octanol–water partition coefficient (Wildman–Crippen LogP) is 1.97. The summed E-state index contributed by atoms with van der Waals surface area (Å²) in [6.07, 6.45) is -0.823. The number of hydrogen-bond donors (Lipinski definition) is 4. The Bertz CT molecular complexity index is 997. The standard InChI is InChI=1S/C21H27N3O5/c1-13-8-9-18(20-19(13)23-21(26)24-20)28-12-15(25)11-22-10-14(2)29-17-7-5-4-6-16(17)27-3/h4-9,14-15,22,25H,10-12H2,1-3H3,(H2,23,24,26). The third-order valence-corrected chi connectivity index (χ3v) is 4.49. The fraction of sp³-hybridized carbons (Fsp3) is 0.381. The van der Waals surface area contributed by atoms with Crippen LogP contribution in [0.25, 0.3) is 11.0 Å². The molecule has 4 N–H and O–H groups in total. The summed E-state index contributed by atoms with van der Waals surface area (Å²) in [5.41, 5.74) is 1.97. The SMILES string of the molecule is COc1ccccc1OC(C)CNCC(O)COc1ccc(C)c2[nH]c(=O)[nH]c12. The van der Waals surface area contributed by atoms with E-state index in [9.17, 15) is 9.90 Å². The van der Waals surface area contributed by atoms with Gasteiger partial charge in [0.15, 0.2) is 11.5 Å². The maximum absolute atomic E-state index is 11.6. The number of hydrogen-bond acceptors (Lipinski definition) is 6. The molecule has 0 amide bonds. The maximum atomic E-state index is 11.6. The van der Waals surface area contributed by atoms with Gasteiger partial charge >= 0.3 is 5.69 Å². The topological polar surface area (TPSA) is 109 Å². The zero-order valence-corrected chi connectivity index (χ0v) is 16.8. The summed E-state index contributed by atoms with van der Waals surface area (Å²) < 4.78 is 16.9. The molecule has 1 heterocycles. The Labute approximate surface area is 168 Å². The second-order valence-electron chi connectivity index (χ2n) is 6.91. The molecule has 8 nitrogen and oxygen atoms in total. The van der Waals surface area contributed by atoms with Crippen LogP contribution in [0.4, 0.5) is 0 Å². The van der Waals surface area contributed by atoms with E-state index in [1.54, 1.807) is 13.2 Å².